The van der Waals surface area contributed by atoms with E-state index < -0.39 is 0 Å². The molecule has 0 bridgehead atoms. The van der Waals surface area contributed by atoms with Gasteiger partial charge in [-0.2, -0.15) is 0 Å². The van der Waals surface area contributed by atoms with E-state index in [-0.39, 0.29) is 24.2 Å². The highest BCUT2D eigenvalue weighted by Crippen LogP contribution is 2.27. The highest BCUT2D eigenvalue weighted by atomic mass is 35.5. The van der Waals surface area contributed by atoms with Gasteiger partial charge in [0.05, 0.1) is 10.0 Å². The Bertz CT molecular complexity index is 462. The standard InChI is InChI=1S/C14H18Cl2N2O.ClH/c1-18(14(19)10-5-7-17-8-6-10)9-11-3-2-4-12(15)13(11)16;/h2-4,10,17H,5-9H2,1H3;1H. The average molecular weight is 338 g/mol. The minimum atomic E-state index is 0. The summed E-state index contributed by atoms with van der Waals surface area (Å²) in [5, 5.41) is 4.33. The fourth-order valence-corrected chi connectivity index (χ4v) is 2.76. The van der Waals surface area contributed by atoms with Crippen LogP contribution in [0, 0.1) is 5.92 Å². The fourth-order valence-electron chi connectivity index (χ4n) is 2.38. The van der Waals surface area contributed by atoms with Crippen molar-refractivity contribution in [1.29, 1.82) is 0 Å². The van der Waals surface area contributed by atoms with Crippen molar-refractivity contribution in [2.24, 2.45) is 5.92 Å². The molecule has 0 atom stereocenters. The highest BCUT2D eigenvalue weighted by molar-refractivity contribution is 6.42. The Hall–Kier alpha value is -0.480. The van der Waals surface area contributed by atoms with E-state index in [4.69, 9.17) is 23.2 Å². The Labute approximate surface area is 136 Å². The Balaban J connectivity index is 0.00000200. The first kappa shape index (κ1) is 17.6. The van der Waals surface area contributed by atoms with E-state index >= 15 is 0 Å². The second kappa shape index (κ2) is 8.08. The van der Waals surface area contributed by atoms with Gasteiger partial charge in [0.25, 0.3) is 0 Å². The van der Waals surface area contributed by atoms with Crippen LogP contribution in [-0.2, 0) is 11.3 Å². The smallest absolute Gasteiger partial charge is 0.225 e. The molecule has 1 saturated heterocycles. The molecule has 1 aromatic rings. The summed E-state index contributed by atoms with van der Waals surface area (Å²) in [6, 6.07) is 5.51. The van der Waals surface area contributed by atoms with Gasteiger partial charge in [-0.1, -0.05) is 35.3 Å². The van der Waals surface area contributed by atoms with Crippen LogP contribution in [0.5, 0.6) is 0 Å². The number of rotatable bonds is 3. The van der Waals surface area contributed by atoms with Gasteiger partial charge in [-0.15, -0.1) is 12.4 Å². The lowest BCUT2D eigenvalue weighted by Gasteiger charge is -2.27. The topological polar surface area (TPSA) is 32.3 Å². The van der Waals surface area contributed by atoms with Crippen LogP contribution in [-0.4, -0.2) is 30.9 Å². The molecule has 112 valence electrons. The van der Waals surface area contributed by atoms with Crippen molar-refractivity contribution < 1.29 is 4.79 Å². The summed E-state index contributed by atoms with van der Waals surface area (Å²) in [5.41, 5.74) is 0.888. The number of benzene rings is 1. The minimum absolute atomic E-state index is 0. The second-order valence-corrected chi connectivity index (χ2v) is 5.72. The van der Waals surface area contributed by atoms with Crippen LogP contribution in [0.25, 0.3) is 0 Å². The SMILES string of the molecule is CN(Cc1cccc(Cl)c1Cl)C(=O)C1CCNCC1.Cl. The summed E-state index contributed by atoms with van der Waals surface area (Å²) >= 11 is 12.1. The minimum Gasteiger partial charge on any atom is -0.341 e. The largest absolute Gasteiger partial charge is 0.341 e. The molecule has 2 rings (SSSR count). The molecule has 1 fully saturated rings. The van der Waals surface area contributed by atoms with Crippen LogP contribution in [0.15, 0.2) is 18.2 Å². The molecule has 1 heterocycles. The molecule has 1 aliphatic heterocycles. The Morgan fingerprint density at radius 2 is 2.00 bits per heavy atom. The van der Waals surface area contributed by atoms with Gasteiger partial charge in [0, 0.05) is 19.5 Å². The maximum atomic E-state index is 12.3. The van der Waals surface area contributed by atoms with Crippen LogP contribution in [0.3, 0.4) is 0 Å². The van der Waals surface area contributed by atoms with E-state index in [0.29, 0.717) is 16.6 Å². The number of carbonyl (C=O) groups is 1. The molecular weight excluding hydrogens is 319 g/mol. The molecule has 3 nitrogen and oxygen atoms in total. The first-order valence-corrected chi connectivity index (χ1v) is 7.23. The van der Waals surface area contributed by atoms with Crippen molar-refractivity contribution in [3.05, 3.63) is 33.8 Å². The summed E-state index contributed by atoms with van der Waals surface area (Å²) < 4.78 is 0. The van der Waals surface area contributed by atoms with E-state index in [1.807, 2.05) is 19.2 Å². The average Bonchev–Trinajstić information content (AvgIpc) is 2.44. The van der Waals surface area contributed by atoms with Gasteiger partial charge in [-0.3, -0.25) is 4.79 Å². The van der Waals surface area contributed by atoms with Gasteiger partial charge >= 0.3 is 0 Å². The van der Waals surface area contributed by atoms with E-state index in [9.17, 15) is 4.79 Å². The number of amides is 1. The lowest BCUT2D eigenvalue weighted by molar-refractivity contribution is -0.135. The van der Waals surface area contributed by atoms with Gasteiger partial charge in [0.15, 0.2) is 0 Å². The quantitative estimate of drug-likeness (QED) is 0.917. The van der Waals surface area contributed by atoms with Gasteiger partial charge in [0.2, 0.25) is 5.91 Å². The molecular formula is C14H19Cl3N2O. The van der Waals surface area contributed by atoms with Crippen molar-refractivity contribution in [2.75, 3.05) is 20.1 Å². The van der Waals surface area contributed by atoms with Crippen molar-refractivity contribution >= 4 is 41.5 Å². The number of halogens is 3. The van der Waals surface area contributed by atoms with E-state index in [2.05, 4.69) is 5.32 Å². The summed E-state index contributed by atoms with van der Waals surface area (Å²) in [6.45, 7) is 2.34. The monoisotopic (exact) mass is 336 g/mol. The second-order valence-electron chi connectivity index (χ2n) is 4.93. The summed E-state index contributed by atoms with van der Waals surface area (Å²) in [5.74, 6) is 0.321. The molecule has 0 unspecified atom stereocenters. The molecule has 1 aliphatic rings. The van der Waals surface area contributed by atoms with E-state index in [0.717, 1.165) is 31.5 Å². The fraction of sp³-hybridized carbons (Fsp3) is 0.500. The third-order valence-electron chi connectivity index (χ3n) is 3.50. The molecule has 0 saturated carbocycles. The van der Waals surface area contributed by atoms with Crippen LogP contribution in [0.2, 0.25) is 10.0 Å². The Kier molecular flexibility index (Phi) is 7.10. The number of piperidine rings is 1. The molecule has 0 aliphatic carbocycles. The van der Waals surface area contributed by atoms with Crippen molar-refractivity contribution in [3.63, 3.8) is 0 Å². The lowest BCUT2D eigenvalue weighted by atomic mass is 9.96. The number of hydrogen-bond donors (Lipinski definition) is 1. The summed E-state index contributed by atoms with van der Waals surface area (Å²) in [6.07, 6.45) is 1.82. The molecule has 0 radical (unpaired) electrons. The summed E-state index contributed by atoms with van der Waals surface area (Å²) in [4.78, 5) is 14.1. The first-order valence-electron chi connectivity index (χ1n) is 6.48. The molecule has 0 aromatic heterocycles. The van der Waals surface area contributed by atoms with Crippen LogP contribution < -0.4 is 5.32 Å². The van der Waals surface area contributed by atoms with Crippen molar-refractivity contribution in [2.45, 2.75) is 19.4 Å². The highest BCUT2D eigenvalue weighted by Gasteiger charge is 2.24. The van der Waals surface area contributed by atoms with Crippen LogP contribution >= 0.6 is 35.6 Å². The molecule has 1 amide bonds. The zero-order valence-electron chi connectivity index (χ0n) is 11.4. The maximum Gasteiger partial charge on any atom is 0.225 e. The number of nitrogens with zero attached hydrogens (tertiary/aromatic N) is 1. The lowest BCUT2D eigenvalue weighted by Crippen LogP contribution is -2.38. The van der Waals surface area contributed by atoms with Crippen molar-refractivity contribution in [3.8, 4) is 0 Å². The zero-order valence-corrected chi connectivity index (χ0v) is 13.7. The zero-order chi connectivity index (χ0) is 13.8. The molecule has 20 heavy (non-hydrogen) atoms. The maximum absolute atomic E-state index is 12.3. The molecule has 6 heteroatoms. The van der Waals surface area contributed by atoms with Gasteiger partial charge in [-0.25, -0.2) is 0 Å². The van der Waals surface area contributed by atoms with Crippen LogP contribution in [0.1, 0.15) is 18.4 Å². The molecule has 0 spiro atoms. The van der Waals surface area contributed by atoms with Gasteiger partial charge in [0.1, 0.15) is 0 Å². The Morgan fingerprint density at radius 3 is 2.65 bits per heavy atom. The summed E-state index contributed by atoms with van der Waals surface area (Å²) in [7, 11) is 1.82. The molecule has 1 N–H and O–H groups in total. The van der Waals surface area contributed by atoms with Crippen molar-refractivity contribution in [1.82, 2.24) is 10.2 Å². The third kappa shape index (κ3) is 4.26. The number of nitrogens with one attached hydrogen (secondary N) is 1. The number of carbonyl (C=O) groups excluding carboxylic acids is 1. The number of hydrogen-bond acceptors (Lipinski definition) is 2. The van der Waals surface area contributed by atoms with Crippen LogP contribution in [0.4, 0.5) is 0 Å². The normalized spacial score (nSPS) is 15.6. The van der Waals surface area contributed by atoms with E-state index in [1.54, 1.807) is 11.0 Å². The van der Waals surface area contributed by atoms with Gasteiger partial charge < -0.3 is 10.2 Å². The first-order chi connectivity index (χ1) is 9.09. The predicted molar refractivity (Wildman–Crippen MR) is 85.8 cm³/mol. The predicted octanol–water partition coefficient (Wildman–Crippen LogP) is 3.37. The third-order valence-corrected chi connectivity index (χ3v) is 4.36. The molecule has 1 aromatic carbocycles. The van der Waals surface area contributed by atoms with Gasteiger partial charge in [-0.05, 0) is 37.6 Å². The van der Waals surface area contributed by atoms with E-state index in [1.165, 1.54) is 0 Å². The Morgan fingerprint density at radius 1 is 1.35 bits per heavy atom.